The smallest absolute Gasteiger partial charge is 0.289 e. The molecule has 1 nitrogen and oxygen atoms in total. The van der Waals surface area contributed by atoms with Crippen LogP contribution >= 0.6 is 0 Å². The van der Waals surface area contributed by atoms with E-state index < -0.39 is 11.7 Å². The van der Waals surface area contributed by atoms with Gasteiger partial charge in [0.15, 0.2) is 5.78 Å². The van der Waals surface area contributed by atoms with Gasteiger partial charge in [0.05, 0.1) is 5.56 Å². The lowest BCUT2D eigenvalue weighted by molar-refractivity contribution is -0.137. The maximum Gasteiger partial charge on any atom is 0.416 e. The average molecular weight is 352 g/mol. The number of carbonyl (C=O) groups excluding carboxylic acids is 1. The molecule has 3 aromatic rings. The van der Waals surface area contributed by atoms with E-state index in [1.807, 2.05) is 42.5 Å². The van der Waals surface area contributed by atoms with Gasteiger partial charge in [-0.2, -0.15) is 13.2 Å². The Morgan fingerprint density at radius 3 is 2.08 bits per heavy atom. The van der Waals surface area contributed by atoms with Gasteiger partial charge < -0.3 is 0 Å². The number of rotatable bonds is 4. The molecule has 0 N–H and O–H groups in total. The minimum Gasteiger partial charge on any atom is -0.289 e. The highest BCUT2D eigenvalue weighted by Crippen LogP contribution is 2.29. The quantitative estimate of drug-likeness (QED) is 0.399. The molecule has 0 aliphatic heterocycles. The molecule has 0 spiro atoms. The van der Waals surface area contributed by atoms with Gasteiger partial charge in [-0.1, -0.05) is 72.8 Å². The molecule has 0 atom stereocenters. The number of halogens is 3. The first kappa shape index (κ1) is 17.7. The maximum atomic E-state index is 12.7. The van der Waals surface area contributed by atoms with Crippen LogP contribution in [0.4, 0.5) is 13.2 Å². The molecular formula is C22H15F3O. The number of hydrogen-bond donors (Lipinski definition) is 0. The van der Waals surface area contributed by atoms with Crippen LogP contribution in [-0.2, 0) is 6.18 Å². The fourth-order valence-electron chi connectivity index (χ4n) is 2.54. The summed E-state index contributed by atoms with van der Waals surface area (Å²) in [5, 5.41) is 0. The Labute approximate surface area is 149 Å². The van der Waals surface area contributed by atoms with Crippen molar-refractivity contribution in [2.24, 2.45) is 0 Å². The molecule has 0 amide bonds. The summed E-state index contributed by atoms with van der Waals surface area (Å²) in [6, 6.07) is 21.7. The van der Waals surface area contributed by atoms with Crippen LogP contribution in [-0.4, -0.2) is 5.78 Å². The minimum atomic E-state index is -4.40. The van der Waals surface area contributed by atoms with Crippen molar-refractivity contribution in [3.63, 3.8) is 0 Å². The molecule has 0 bridgehead atoms. The first-order valence-electron chi connectivity index (χ1n) is 7.99. The van der Waals surface area contributed by atoms with Gasteiger partial charge in [-0.3, -0.25) is 4.79 Å². The molecule has 0 saturated heterocycles. The van der Waals surface area contributed by atoms with E-state index in [4.69, 9.17) is 0 Å². The molecule has 0 heterocycles. The van der Waals surface area contributed by atoms with Crippen LogP contribution in [0.2, 0.25) is 0 Å². The molecule has 130 valence electrons. The van der Waals surface area contributed by atoms with E-state index in [0.717, 1.165) is 23.3 Å². The molecule has 26 heavy (non-hydrogen) atoms. The zero-order valence-electron chi connectivity index (χ0n) is 13.7. The van der Waals surface area contributed by atoms with E-state index >= 15 is 0 Å². The predicted octanol–water partition coefficient (Wildman–Crippen LogP) is 6.27. The summed E-state index contributed by atoms with van der Waals surface area (Å²) < 4.78 is 38.2. The highest BCUT2D eigenvalue weighted by molar-refractivity contribution is 6.07. The Balaban J connectivity index is 1.75. The van der Waals surface area contributed by atoms with Crippen LogP contribution in [0, 0.1) is 0 Å². The fraction of sp³-hybridized carbons (Fsp3) is 0.0455. The van der Waals surface area contributed by atoms with Crippen molar-refractivity contribution in [1.29, 1.82) is 0 Å². The molecule has 0 saturated carbocycles. The highest BCUT2D eigenvalue weighted by atomic mass is 19.4. The molecule has 0 aliphatic carbocycles. The SMILES string of the molecule is O=C(C=Cc1cccc(C(F)(F)F)c1)c1ccc(-c2ccccc2)cc1. The first-order chi connectivity index (χ1) is 12.4. The Kier molecular flexibility index (Phi) is 5.03. The van der Waals surface area contributed by atoms with Crippen LogP contribution in [0.15, 0.2) is 84.9 Å². The molecular weight excluding hydrogens is 337 g/mol. The summed E-state index contributed by atoms with van der Waals surface area (Å²) in [6.07, 6.45) is -1.73. The van der Waals surface area contributed by atoms with Gasteiger partial charge in [0.1, 0.15) is 0 Å². The lowest BCUT2D eigenvalue weighted by Crippen LogP contribution is -2.04. The van der Waals surface area contributed by atoms with Crippen molar-refractivity contribution < 1.29 is 18.0 Å². The van der Waals surface area contributed by atoms with E-state index in [9.17, 15) is 18.0 Å². The second-order valence-corrected chi connectivity index (χ2v) is 5.76. The summed E-state index contributed by atoms with van der Waals surface area (Å²) >= 11 is 0. The highest BCUT2D eigenvalue weighted by Gasteiger charge is 2.30. The minimum absolute atomic E-state index is 0.262. The van der Waals surface area contributed by atoms with Crippen LogP contribution in [0.25, 0.3) is 17.2 Å². The molecule has 3 aromatic carbocycles. The number of allylic oxidation sites excluding steroid dienone is 1. The second kappa shape index (κ2) is 7.40. The molecule has 3 rings (SSSR count). The zero-order chi connectivity index (χ0) is 18.6. The number of carbonyl (C=O) groups is 1. The maximum absolute atomic E-state index is 12.7. The Morgan fingerprint density at radius 1 is 0.769 bits per heavy atom. The second-order valence-electron chi connectivity index (χ2n) is 5.76. The van der Waals surface area contributed by atoms with Crippen LogP contribution in [0.1, 0.15) is 21.5 Å². The van der Waals surface area contributed by atoms with E-state index in [2.05, 4.69) is 0 Å². The summed E-state index contributed by atoms with van der Waals surface area (Å²) in [7, 11) is 0. The standard InChI is InChI=1S/C22H15F3O/c23-22(24,25)20-8-4-5-16(15-20)9-14-21(26)19-12-10-18(11-13-19)17-6-2-1-3-7-17/h1-15H. The van der Waals surface area contributed by atoms with Gasteiger partial charge in [0, 0.05) is 5.56 Å². The normalized spacial score (nSPS) is 11.7. The third kappa shape index (κ3) is 4.28. The summed E-state index contributed by atoms with van der Waals surface area (Å²) in [5.41, 5.74) is 2.11. The monoisotopic (exact) mass is 352 g/mol. The van der Waals surface area contributed by atoms with E-state index in [1.54, 1.807) is 12.1 Å². The number of hydrogen-bond acceptors (Lipinski definition) is 1. The van der Waals surface area contributed by atoms with Crippen molar-refractivity contribution in [1.82, 2.24) is 0 Å². The van der Waals surface area contributed by atoms with Gasteiger partial charge in [-0.15, -0.1) is 0 Å². The van der Waals surface area contributed by atoms with Gasteiger partial charge in [0.25, 0.3) is 0 Å². The number of benzene rings is 3. The first-order valence-corrected chi connectivity index (χ1v) is 7.99. The largest absolute Gasteiger partial charge is 0.416 e. The Bertz CT molecular complexity index is 924. The lowest BCUT2D eigenvalue weighted by Gasteiger charge is -2.06. The van der Waals surface area contributed by atoms with E-state index in [0.29, 0.717) is 11.1 Å². The van der Waals surface area contributed by atoms with Gasteiger partial charge in [0.2, 0.25) is 0 Å². The number of alkyl halides is 3. The lowest BCUT2D eigenvalue weighted by atomic mass is 10.0. The molecule has 0 radical (unpaired) electrons. The number of ketones is 1. The van der Waals surface area contributed by atoms with Crippen molar-refractivity contribution in [3.05, 3.63) is 102 Å². The summed E-state index contributed by atoms with van der Waals surface area (Å²) in [4.78, 5) is 12.2. The van der Waals surface area contributed by atoms with Crippen molar-refractivity contribution in [2.45, 2.75) is 6.18 Å². The van der Waals surface area contributed by atoms with Crippen LogP contribution in [0.3, 0.4) is 0 Å². The third-order valence-corrected chi connectivity index (χ3v) is 3.92. The average Bonchev–Trinajstić information content (AvgIpc) is 2.66. The Hall–Kier alpha value is -3.14. The molecule has 0 fully saturated rings. The summed E-state index contributed by atoms with van der Waals surface area (Å²) in [6.45, 7) is 0. The molecule has 0 aliphatic rings. The van der Waals surface area contributed by atoms with Gasteiger partial charge >= 0.3 is 6.18 Å². The molecule has 0 aromatic heterocycles. The predicted molar refractivity (Wildman–Crippen MR) is 96.7 cm³/mol. The zero-order valence-corrected chi connectivity index (χ0v) is 13.7. The summed E-state index contributed by atoms with van der Waals surface area (Å²) in [5.74, 6) is -0.262. The fourth-order valence-corrected chi connectivity index (χ4v) is 2.54. The van der Waals surface area contributed by atoms with Crippen molar-refractivity contribution >= 4 is 11.9 Å². The third-order valence-electron chi connectivity index (χ3n) is 3.92. The Morgan fingerprint density at radius 2 is 1.42 bits per heavy atom. The molecule has 4 heteroatoms. The van der Waals surface area contributed by atoms with E-state index in [-0.39, 0.29) is 5.78 Å². The van der Waals surface area contributed by atoms with Crippen molar-refractivity contribution in [2.75, 3.05) is 0 Å². The van der Waals surface area contributed by atoms with Gasteiger partial charge in [-0.25, -0.2) is 0 Å². The molecule has 0 unspecified atom stereocenters. The van der Waals surface area contributed by atoms with Gasteiger partial charge in [-0.05, 0) is 34.9 Å². The van der Waals surface area contributed by atoms with Crippen molar-refractivity contribution in [3.8, 4) is 11.1 Å². The van der Waals surface area contributed by atoms with Crippen LogP contribution < -0.4 is 0 Å². The topological polar surface area (TPSA) is 17.1 Å². The van der Waals surface area contributed by atoms with Crippen LogP contribution in [0.5, 0.6) is 0 Å². The van der Waals surface area contributed by atoms with E-state index in [1.165, 1.54) is 24.3 Å².